The Morgan fingerprint density at radius 3 is 2.96 bits per heavy atom. The molecule has 1 saturated heterocycles. The minimum atomic E-state index is 0.481. The Kier molecular flexibility index (Phi) is 5.07. The minimum Gasteiger partial charge on any atom is -0.298 e. The molecule has 1 fully saturated rings. The number of hydrogen-bond acceptors (Lipinski definition) is 4. The number of piperidine rings is 1. The van der Waals surface area contributed by atoms with Gasteiger partial charge in [-0.15, -0.1) is 0 Å². The second kappa shape index (κ2) is 7.79. The predicted octanol–water partition coefficient (Wildman–Crippen LogP) is 3.60. The molecular formula is C21H25N5. The quantitative estimate of drug-likeness (QED) is 0.707. The van der Waals surface area contributed by atoms with Crippen LogP contribution >= 0.6 is 0 Å². The highest BCUT2D eigenvalue weighted by Gasteiger charge is 2.23. The molecule has 3 aromatic rings. The number of imidazole rings is 1. The maximum Gasteiger partial charge on any atom is 0.138 e. The number of aromatic nitrogens is 4. The lowest BCUT2D eigenvalue weighted by atomic mass is 9.94. The molecule has 134 valence electrons. The molecule has 0 aliphatic carbocycles. The molecule has 0 N–H and O–H groups in total. The van der Waals surface area contributed by atoms with Gasteiger partial charge in [0.1, 0.15) is 11.6 Å². The van der Waals surface area contributed by atoms with E-state index >= 15 is 0 Å². The van der Waals surface area contributed by atoms with E-state index in [9.17, 15) is 0 Å². The van der Waals surface area contributed by atoms with Crippen molar-refractivity contribution in [1.82, 2.24) is 24.4 Å². The van der Waals surface area contributed by atoms with E-state index in [1.54, 1.807) is 0 Å². The van der Waals surface area contributed by atoms with Crippen LogP contribution in [0.5, 0.6) is 0 Å². The minimum absolute atomic E-state index is 0.481. The lowest BCUT2D eigenvalue weighted by Gasteiger charge is -2.32. The van der Waals surface area contributed by atoms with Gasteiger partial charge >= 0.3 is 0 Å². The maximum absolute atomic E-state index is 4.97. The first-order valence-electron chi connectivity index (χ1n) is 9.44. The standard InChI is InChI=1S/C21H25N5/c1-2-20-23-11-13-26(20)21-9-3-8-19(24-21)18-7-5-12-25(16-18)15-17-6-4-10-22-14-17/h3-4,6,8-11,13-14,18H,2,5,7,12,15-16H2,1H3/t18-/m1/s1. The molecule has 5 nitrogen and oxygen atoms in total. The molecule has 0 bridgehead atoms. The first-order chi connectivity index (χ1) is 12.8. The van der Waals surface area contributed by atoms with Crippen molar-refractivity contribution in [2.45, 2.75) is 38.6 Å². The fourth-order valence-electron chi connectivity index (χ4n) is 3.80. The fraction of sp³-hybridized carbons (Fsp3) is 0.381. The Bertz CT molecular complexity index is 842. The molecule has 4 rings (SSSR count). The van der Waals surface area contributed by atoms with E-state index in [4.69, 9.17) is 4.98 Å². The summed E-state index contributed by atoms with van der Waals surface area (Å²) >= 11 is 0. The van der Waals surface area contributed by atoms with Crippen molar-refractivity contribution in [3.05, 3.63) is 72.2 Å². The zero-order valence-corrected chi connectivity index (χ0v) is 15.3. The Morgan fingerprint density at radius 2 is 2.12 bits per heavy atom. The average Bonchev–Trinajstić information content (AvgIpc) is 3.18. The van der Waals surface area contributed by atoms with Crippen LogP contribution in [0.15, 0.2) is 55.1 Å². The molecule has 1 aliphatic heterocycles. The third-order valence-electron chi connectivity index (χ3n) is 5.09. The molecular weight excluding hydrogens is 322 g/mol. The highest BCUT2D eigenvalue weighted by atomic mass is 15.1. The Morgan fingerprint density at radius 1 is 1.15 bits per heavy atom. The highest BCUT2D eigenvalue weighted by molar-refractivity contribution is 5.28. The number of nitrogens with zero attached hydrogens (tertiary/aromatic N) is 5. The van der Waals surface area contributed by atoms with E-state index in [1.807, 2.05) is 30.9 Å². The molecule has 5 heteroatoms. The molecule has 0 amide bonds. The van der Waals surface area contributed by atoms with Crippen molar-refractivity contribution in [3.8, 4) is 5.82 Å². The van der Waals surface area contributed by atoms with Crippen LogP contribution < -0.4 is 0 Å². The summed E-state index contributed by atoms with van der Waals surface area (Å²) in [6.07, 6.45) is 11.0. The van der Waals surface area contributed by atoms with Crippen molar-refractivity contribution in [2.75, 3.05) is 13.1 Å². The Hall–Kier alpha value is -2.53. The van der Waals surface area contributed by atoms with Gasteiger partial charge in [0.15, 0.2) is 0 Å². The zero-order valence-electron chi connectivity index (χ0n) is 15.3. The predicted molar refractivity (Wildman–Crippen MR) is 102 cm³/mol. The van der Waals surface area contributed by atoms with E-state index in [0.717, 1.165) is 37.7 Å². The monoisotopic (exact) mass is 347 g/mol. The normalized spacial score (nSPS) is 18.1. The molecule has 1 atom stereocenters. The topological polar surface area (TPSA) is 46.8 Å². The summed E-state index contributed by atoms with van der Waals surface area (Å²) in [6.45, 7) is 5.29. The van der Waals surface area contributed by atoms with Crippen LogP contribution in [-0.2, 0) is 13.0 Å². The van der Waals surface area contributed by atoms with Crippen LogP contribution in [0.2, 0.25) is 0 Å². The summed E-state index contributed by atoms with van der Waals surface area (Å²) in [5, 5.41) is 0. The van der Waals surface area contributed by atoms with E-state index in [-0.39, 0.29) is 0 Å². The van der Waals surface area contributed by atoms with Crippen molar-refractivity contribution >= 4 is 0 Å². The van der Waals surface area contributed by atoms with Crippen molar-refractivity contribution < 1.29 is 0 Å². The van der Waals surface area contributed by atoms with Gasteiger partial charge in [0.2, 0.25) is 0 Å². The molecule has 3 aromatic heterocycles. The number of pyridine rings is 2. The largest absolute Gasteiger partial charge is 0.298 e. The SMILES string of the molecule is CCc1nccn1-c1cccc([C@@H]2CCCN(Cc3cccnc3)C2)n1. The number of rotatable bonds is 5. The zero-order chi connectivity index (χ0) is 17.8. The fourth-order valence-corrected chi connectivity index (χ4v) is 3.80. The van der Waals surface area contributed by atoms with Gasteiger partial charge in [-0.3, -0.25) is 14.5 Å². The third-order valence-corrected chi connectivity index (χ3v) is 5.09. The molecule has 0 spiro atoms. The second-order valence-corrected chi connectivity index (χ2v) is 6.92. The third kappa shape index (κ3) is 3.68. The van der Waals surface area contributed by atoms with Gasteiger partial charge in [-0.25, -0.2) is 9.97 Å². The van der Waals surface area contributed by atoms with Gasteiger partial charge in [-0.1, -0.05) is 19.1 Å². The van der Waals surface area contributed by atoms with Gasteiger partial charge < -0.3 is 0 Å². The van der Waals surface area contributed by atoms with E-state index in [1.165, 1.54) is 24.1 Å². The summed E-state index contributed by atoms with van der Waals surface area (Å²) < 4.78 is 2.10. The van der Waals surface area contributed by atoms with Crippen molar-refractivity contribution in [2.24, 2.45) is 0 Å². The van der Waals surface area contributed by atoms with E-state index < -0.39 is 0 Å². The molecule has 0 unspecified atom stereocenters. The van der Waals surface area contributed by atoms with Crippen molar-refractivity contribution in [1.29, 1.82) is 0 Å². The van der Waals surface area contributed by atoms with Gasteiger partial charge in [-0.2, -0.15) is 0 Å². The van der Waals surface area contributed by atoms with Crippen LogP contribution in [0, 0.1) is 0 Å². The van der Waals surface area contributed by atoms with Gasteiger partial charge in [0.25, 0.3) is 0 Å². The molecule has 0 radical (unpaired) electrons. The lowest BCUT2D eigenvalue weighted by molar-refractivity contribution is 0.198. The van der Waals surface area contributed by atoms with Crippen LogP contribution in [0.4, 0.5) is 0 Å². The highest BCUT2D eigenvalue weighted by Crippen LogP contribution is 2.27. The van der Waals surface area contributed by atoms with Gasteiger partial charge in [0, 0.05) is 55.9 Å². The molecule has 4 heterocycles. The number of likely N-dealkylation sites (tertiary alicyclic amines) is 1. The lowest BCUT2D eigenvalue weighted by Crippen LogP contribution is -2.34. The van der Waals surface area contributed by atoms with E-state index in [0.29, 0.717) is 5.92 Å². The summed E-state index contributed by atoms with van der Waals surface area (Å²) in [4.78, 5) is 16.2. The Balaban J connectivity index is 1.51. The maximum atomic E-state index is 4.97. The van der Waals surface area contributed by atoms with Crippen LogP contribution in [0.3, 0.4) is 0 Å². The number of aryl methyl sites for hydroxylation is 1. The van der Waals surface area contributed by atoms with Gasteiger partial charge in [-0.05, 0) is 43.1 Å². The van der Waals surface area contributed by atoms with Gasteiger partial charge in [0.05, 0.1) is 0 Å². The van der Waals surface area contributed by atoms with Crippen LogP contribution in [0.1, 0.15) is 42.8 Å². The summed E-state index contributed by atoms with van der Waals surface area (Å²) in [6, 6.07) is 10.5. The summed E-state index contributed by atoms with van der Waals surface area (Å²) in [5.74, 6) is 2.51. The average molecular weight is 347 g/mol. The molecule has 1 aliphatic rings. The molecule has 0 aromatic carbocycles. The molecule has 0 saturated carbocycles. The van der Waals surface area contributed by atoms with Crippen LogP contribution in [-0.4, -0.2) is 37.5 Å². The number of hydrogen-bond donors (Lipinski definition) is 0. The first-order valence-corrected chi connectivity index (χ1v) is 9.44. The smallest absolute Gasteiger partial charge is 0.138 e. The van der Waals surface area contributed by atoms with Crippen LogP contribution in [0.25, 0.3) is 5.82 Å². The Labute approximate surface area is 154 Å². The molecule has 26 heavy (non-hydrogen) atoms. The summed E-state index contributed by atoms with van der Waals surface area (Å²) in [5.41, 5.74) is 2.47. The summed E-state index contributed by atoms with van der Waals surface area (Å²) in [7, 11) is 0. The van der Waals surface area contributed by atoms with Crippen molar-refractivity contribution in [3.63, 3.8) is 0 Å². The second-order valence-electron chi connectivity index (χ2n) is 6.92. The van der Waals surface area contributed by atoms with E-state index in [2.05, 4.69) is 50.6 Å². The first kappa shape index (κ1) is 16.9.